The largest absolute Gasteiger partial charge is 0.466 e. The molecular weight excluding hydrogens is 875 g/mol. The molecule has 1 amide bonds. The summed E-state index contributed by atoms with van der Waals surface area (Å²) < 4.78 is 5.49. The summed E-state index contributed by atoms with van der Waals surface area (Å²) in [6, 6.07) is -0.633. The standard InChI is InChI=1S/C65H125NO5/c1-3-5-7-9-11-13-15-17-19-21-23-25-29-33-37-41-45-49-53-57-63(68)62(61-67)66-64(69)58-54-50-46-42-38-34-30-26-24-28-32-36-40-44-48-52-56-60-71-65(70)59-55-51-47-43-39-35-31-27-22-20-18-16-14-12-10-8-6-4-2/h20,22,53,57,62-63,67-68H,3-19,21,23-52,54-56,58-61H2,1-2H3,(H,66,69)/b22-20-,57-53+. The van der Waals surface area contributed by atoms with E-state index in [1.54, 1.807) is 6.08 Å². The number of allylic oxidation sites excluding steroid dienone is 3. The first-order valence-corrected chi connectivity index (χ1v) is 32.1. The molecule has 71 heavy (non-hydrogen) atoms. The van der Waals surface area contributed by atoms with Crippen molar-refractivity contribution < 1.29 is 24.5 Å². The number of carbonyl (C=O) groups excluding carboxylic acids is 2. The molecule has 0 saturated heterocycles. The molecule has 6 heteroatoms. The van der Waals surface area contributed by atoms with Gasteiger partial charge in [0.1, 0.15) is 0 Å². The first-order chi connectivity index (χ1) is 35.0. The number of aliphatic hydroxyl groups is 2. The van der Waals surface area contributed by atoms with Crippen molar-refractivity contribution in [3.05, 3.63) is 24.3 Å². The number of carbonyl (C=O) groups is 2. The van der Waals surface area contributed by atoms with Crippen LogP contribution < -0.4 is 5.32 Å². The van der Waals surface area contributed by atoms with Crippen LogP contribution in [-0.4, -0.2) is 47.4 Å². The van der Waals surface area contributed by atoms with Gasteiger partial charge in [-0.1, -0.05) is 308 Å². The highest BCUT2D eigenvalue weighted by Gasteiger charge is 2.18. The van der Waals surface area contributed by atoms with Crippen molar-refractivity contribution in [2.24, 2.45) is 0 Å². The number of unbranched alkanes of at least 4 members (excludes halogenated alkanes) is 47. The lowest BCUT2D eigenvalue weighted by Gasteiger charge is -2.20. The maximum Gasteiger partial charge on any atom is 0.305 e. The Hall–Kier alpha value is -1.66. The predicted octanol–water partition coefficient (Wildman–Crippen LogP) is 20.2. The lowest BCUT2D eigenvalue weighted by atomic mass is 10.0. The Balaban J connectivity index is 3.43. The minimum Gasteiger partial charge on any atom is -0.466 e. The summed E-state index contributed by atoms with van der Waals surface area (Å²) in [6.07, 6.45) is 75.0. The van der Waals surface area contributed by atoms with Crippen molar-refractivity contribution >= 4 is 11.9 Å². The van der Waals surface area contributed by atoms with Crippen molar-refractivity contribution in [3.8, 4) is 0 Å². The summed E-state index contributed by atoms with van der Waals surface area (Å²) in [7, 11) is 0. The Kier molecular flexibility index (Phi) is 59.5. The lowest BCUT2D eigenvalue weighted by Crippen LogP contribution is -2.45. The molecule has 420 valence electrons. The van der Waals surface area contributed by atoms with E-state index in [1.165, 1.54) is 283 Å². The lowest BCUT2D eigenvalue weighted by molar-refractivity contribution is -0.143. The third kappa shape index (κ3) is 57.5. The van der Waals surface area contributed by atoms with Crippen LogP contribution >= 0.6 is 0 Å². The van der Waals surface area contributed by atoms with Crippen LogP contribution in [0.2, 0.25) is 0 Å². The van der Waals surface area contributed by atoms with Crippen LogP contribution in [0.1, 0.15) is 354 Å². The third-order valence-corrected chi connectivity index (χ3v) is 15.0. The number of esters is 1. The Morgan fingerprint density at radius 1 is 0.380 bits per heavy atom. The van der Waals surface area contributed by atoms with Crippen LogP contribution in [0.15, 0.2) is 24.3 Å². The molecule has 3 N–H and O–H groups in total. The molecule has 6 nitrogen and oxygen atoms in total. The number of hydrogen-bond donors (Lipinski definition) is 3. The van der Waals surface area contributed by atoms with Crippen LogP contribution in [0.25, 0.3) is 0 Å². The maximum atomic E-state index is 12.5. The van der Waals surface area contributed by atoms with Gasteiger partial charge >= 0.3 is 5.97 Å². The molecule has 0 bridgehead atoms. The molecule has 0 aliphatic heterocycles. The molecule has 0 fully saturated rings. The van der Waals surface area contributed by atoms with Gasteiger partial charge in [0, 0.05) is 12.8 Å². The fraction of sp³-hybridized carbons (Fsp3) is 0.908. The van der Waals surface area contributed by atoms with E-state index < -0.39 is 12.1 Å². The van der Waals surface area contributed by atoms with Gasteiger partial charge in [-0.05, 0) is 57.8 Å². The summed E-state index contributed by atoms with van der Waals surface area (Å²) in [5.41, 5.74) is 0. The quantitative estimate of drug-likeness (QED) is 0.0320. The zero-order valence-electron chi connectivity index (χ0n) is 48.0. The van der Waals surface area contributed by atoms with Crippen molar-refractivity contribution in [1.82, 2.24) is 5.32 Å². The van der Waals surface area contributed by atoms with E-state index >= 15 is 0 Å². The third-order valence-electron chi connectivity index (χ3n) is 15.0. The Labute approximate surface area is 443 Å². The van der Waals surface area contributed by atoms with Gasteiger partial charge in [-0.15, -0.1) is 0 Å². The minimum absolute atomic E-state index is 0.00226. The highest BCUT2D eigenvalue weighted by atomic mass is 16.5. The van der Waals surface area contributed by atoms with Gasteiger partial charge in [0.25, 0.3) is 0 Å². The predicted molar refractivity (Wildman–Crippen MR) is 310 cm³/mol. The molecule has 2 unspecified atom stereocenters. The monoisotopic (exact) mass is 1000 g/mol. The number of ether oxygens (including phenoxy) is 1. The summed E-state index contributed by atoms with van der Waals surface area (Å²) in [5, 5.41) is 23.2. The number of amides is 1. The molecule has 0 rings (SSSR count). The second kappa shape index (κ2) is 60.9. The molecule has 0 radical (unpaired) electrons. The summed E-state index contributed by atoms with van der Waals surface area (Å²) >= 11 is 0. The zero-order valence-corrected chi connectivity index (χ0v) is 48.0. The molecular formula is C65H125NO5. The van der Waals surface area contributed by atoms with E-state index in [4.69, 9.17) is 4.74 Å². The van der Waals surface area contributed by atoms with Crippen molar-refractivity contribution in [3.63, 3.8) is 0 Å². The smallest absolute Gasteiger partial charge is 0.305 e. The average molecular weight is 1000 g/mol. The van der Waals surface area contributed by atoms with E-state index in [2.05, 4.69) is 31.3 Å². The summed E-state index contributed by atoms with van der Waals surface area (Å²) in [6.45, 7) is 4.92. The fourth-order valence-electron chi connectivity index (χ4n) is 10.0. The number of hydrogen-bond acceptors (Lipinski definition) is 5. The Morgan fingerprint density at radius 2 is 0.662 bits per heavy atom. The van der Waals surface area contributed by atoms with E-state index in [9.17, 15) is 19.8 Å². The van der Waals surface area contributed by atoms with Crippen LogP contribution in [0, 0.1) is 0 Å². The molecule has 2 atom stereocenters. The van der Waals surface area contributed by atoms with Gasteiger partial charge in [0.05, 0.1) is 25.4 Å². The average Bonchev–Trinajstić information content (AvgIpc) is 3.37. The fourth-order valence-corrected chi connectivity index (χ4v) is 10.0. The second-order valence-corrected chi connectivity index (χ2v) is 22.1. The normalized spacial score (nSPS) is 12.7. The van der Waals surface area contributed by atoms with Gasteiger partial charge in [-0.2, -0.15) is 0 Å². The molecule has 0 aromatic carbocycles. The summed E-state index contributed by atoms with van der Waals surface area (Å²) in [4.78, 5) is 24.6. The van der Waals surface area contributed by atoms with Crippen LogP contribution in [0.3, 0.4) is 0 Å². The van der Waals surface area contributed by atoms with Gasteiger partial charge < -0.3 is 20.3 Å². The van der Waals surface area contributed by atoms with Crippen LogP contribution in [-0.2, 0) is 14.3 Å². The second-order valence-electron chi connectivity index (χ2n) is 22.1. The first kappa shape index (κ1) is 69.3. The Morgan fingerprint density at radius 3 is 1.00 bits per heavy atom. The van der Waals surface area contributed by atoms with E-state index in [-0.39, 0.29) is 18.5 Å². The summed E-state index contributed by atoms with van der Waals surface area (Å²) in [5.74, 6) is -0.0681. The SMILES string of the molecule is CCCCCCCCC/C=C\CCCCCCCCCC(=O)OCCCCCCCCCCCCCCCCCCCC(=O)NC(CO)C(O)/C=C/CCCCCCCCCCCCCCCCCCC. The Bertz CT molecular complexity index is 1110. The van der Waals surface area contributed by atoms with Crippen LogP contribution in [0.4, 0.5) is 0 Å². The van der Waals surface area contributed by atoms with Crippen molar-refractivity contribution in [2.45, 2.75) is 366 Å². The number of aliphatic hydroxyl groups excluding tert-OH is 2. The van der Waals surface area contributed by atoms with E-state index in [1.807, 2.05) is 6.08 Å². The molecule has 0 saturated carbocycles. The van der Waals surface area contributed by atoms with Gasteiger partial charge in [0.2, 0.25) is 5.91 Å². The minimum atomic E-state index is -0.849. The molecule has 0 aliphatic carbocycles. The number of rotatable bonds is 60. The van der Waals surface area contributed by atoms with Crippen molar-refractivity contribution in [1.29, 1.82) is 0 Å². The molecule has 0 heterocycles. The molecule has 0 aromatic heterocycles. The highest BCUT2D eigenvalue weighted by Crippen LogP contribution is 2.18. The molecule has 0 aromatic rings. The van der Waals surface area contributed by atoms with Gasteiger partial charge in [-0.25, -0.2) is 0 Å². The van der Waals surface area contributed by atoms with Crippen molar-refractivity contribution in [2.75, 3.05) is 13.2 Å². The van der Waals surface area contributed by atoms with Crippen LogP contribution in [0.5, 0.6) is 0 Å². The molecule has 0 spiro atoms. The van der Waals surface area contributed by atoms with Gasteiger partial charge in [-0.3, -0.25) is 9.59 Å². The maximum absolute atomic E-state index is 12.5. The van der Waals surface area contributed by atoms with Gasteiger partial charge in [0.15, 0.2) is 0 Å². The zero-order chi connectivity index (χ0) is 51.4. The highest BCUT2D eigenvalue weighted by molar-refractivity contribution is 5.76. The van der Waals surface area contributed by atoms with E-state index in [0.717, 1.165) is 44.9 Å². The first-order valence-electron chi connectivity index (χ1n) is 32.1. The number of nitrogens with one attached hydrogen (secondary N) is 1. The van der Waals surface area contributed by atoms with E-state index in [0.29, 0.717) is 19.4 Å². The molecule has 0 aliphatic rings. The topological polar surface area (TPSA) is 95.9 Å².